The van der Waals surface area contributed by atoms with Crippen molar-refractivity contribution in [3.63, 3.8) is 0 Å². The number of fused-ring (bicyclic) bond motifs is 1. The lowest BCUT2D eigenvalue weighted by Gasteiger charge is -2.33. The van der Waals surface area contributed by atoms with Gasteiger partial charge in [-0.25, -0.2) is 13.8 Å². The van der Waals surface area contributed by atoms with E-state index in [0.29, 0.717) is 27.8 Å². The molecule has 0 bridgehead atoms. The topological polar surface area (TPSA) is 116 Å². The van der Waals surface area contributed by atoms with E-state index in [1.165, 1.54) is 39.7 Å². The van der Waals surface area contributed by atoms with Crippen LogP contribution in [0.4, 0.5) is 5.69 Å². The third-order valence-electron chi connectivity index (χ3n) is 4.56. The summed E-state index contributed by atoms with van der Waals surface area (Å²) in [6, 6.07) is 7.83. The van der Waals surface area contributed by atoms with Gasteiger partial charge in [-0.15, -0.1) is 0 Å². The number of carbonyl (C=O) groups excluding carboxylic acids is 1. The molecule has 172 valence electrons. The summed E-state index contributed by atoms with van der Waals surface area (Å²) in [7, 11) is 0.789. The Balaban J connectivity index is 1.78. The van der Waals surface area contributed by atoms with Crippen LogP contribution in [-0.2, 0) is 14.8 Å². The average Bonchev–Trinajstić information content (AvgIpc) is 2.76. The van der Waals surface area contributed by atoms with Crippen LogP contribution in [0.1, 0.15) is 5.56 Å². The predicted octanol–water partition coefficient (Wildman–Crippen LogP) is 2.04. The molecular formula is C20H22ClN3O7S. The largest absolute Gasteiger partial charge is 0.493 e. The number of sulfonamides is 1. The van der Waals surface area contributed by atoms with Crippen LogP contribution in [0.3, 0.4) is 0 Å². The molecule has 1 aliphatic rings. The van der Waals surface area contributed by atoms with Gasteiger partial charge in [0, 0.05) is 10.6 Å². The fourth-order valence-electron chi connectivity index (χ4n) is 3.09. The molecule has 1 unspecified atom stereocenters. The normalized spacial score (nSPS) is 15.7. The molecule has 0 saturated heterocycles. The van der Waals surface area contributed by atoms with Crippen molar-refractivity contribution in [3.05, 3.63) is 40.9 Å². The Hall–Kier alpha value is -3.18. The Morgan fingerprint density at radius 3 is 2.41 bits per heavy atom. The van der Waals surface area contributed by atoms with Gasteiger partial charge in [-0.3, -0.25) is 9.10 Å². The molecule has 1 N–H and O–H groups in total. The summed E-state index contributed by atoms with van der Waals surface area (Å²) >= 11 is 5.98. The number of anilines is 1. The van der Waals surface area contributed by atoms with Gasteiger partial charge in [0.25, 0.3) is 5.91 Å². The summed E-state index contributed by atoms with van der Waals surface area (Å²) in [6.07, 6.45) is 1.31. The van der Waals surface area contributed by atoms with Crippen molar-refractivity contribution in [2.75, 3.05) is 38.4 Å². The molecule has 0 spiro atoms. The maximum atomic E-state index is 12.6. The standard InChI is InChI=1S/C20H22ClN3O7S/c1-28-16-7-12(8-17(29-2)19(16)30-3)10-22-23-20(25)18-11-24(32(4,26)27)14-9-13(21)5-6-15(14)31-18/h5-10,18H,11H2,1-4H3,(H,23,25)/b22-10+. The van der Waals surface area contributed by atoms with Crippen molar-refractivity contribution in [1.82, 2.24) is 5.43 Å². The first-order valence-electron chi connectivity index (χ1n) is 9.24. The second-order valence-corrected chi connectivity index (χ2v) is 9.05. The maximum Gasteiger partial charge on any atom is 0.283 e. The van der Waals surface area contributed by atoms with Crippen molar-refractivity contribution in [3.8, 4) is 23.0 Å². The minimum Gasteiger partial charge on any atom is -0.493 e. The number of carbonyl (C=O) groups is 1. The molecule has 2 aromatic carbocycles. The second kappa shape index (κ2) is 9.53. The highest BCUT2D eigenvalue weighted by Crippen LogP contribution is 2.38. The summed E-state index contributed by atoms with van der Waals surface area (Å²) in [5, 5.41) is 4.28. The van der Waals surface area contributed by atoms with Crippen LogP contribution < -0.4 is 28.7 Å². The van der Waals surface area contributed by atoms with Gasteiger partial charge in [0.05, 0.1) is 46.0 Å². The van der Waals surface area contributed by atoms with Crippen LogP contribution >= 0.6 is 11.6 Å². The zero-order valence-corrected chi connectivity index (χ0v) is 19.4. The summed E-state index contributed by atoms with van der Waals surface area (Å²) in [5.41, 5.74) is 3.20. The first-order chi connectivity index (χ1) is 15.2. The zero-order chi connectivity index (χ0) is 23.5. The molecule has 0 aromatic heterocycles. The molecule has 3 rings (SSSR count). The van der Waals surface area contributed by atoms with Gasteiger partial charge in [0.2, 0.25) is 15.8 Å². The number of benzene rings is 2. The number of methoxy groups -OCH3 is 3. The van der Waals surface area contributed by atoms with Crippen LogP contribution in [0.15, 0.2) is 35.4 Å². The van der Waals surface area contributed by atoms with Gasteiger partial charge in [-0.2, -0.15) is 5.10 Å². The second-order valence-electron chi connectivity index (χ2n) is 6.71. The molecule has 1 aliphatic heterocycles. The van der Waals surface area contributed by atoms with Crippen LogP contribution in [-0.4, -0.2) is 60.8 Å². The fourth-order valence-corrected chi connectivity index (χ4v) is 4.17. The zero-order valence-electron chi connectivity index (χ0n) is 17.8. The lowest BCUT2D eigenvalue weighted by molar-refractivity contribution is -0.127. The van der Waals surface area contributed by atoms with Gasteiger partial charge in [-0.1, -0.05) is 11.6 Å². The van der Waals surface area contributed by atoms with Crippen LogP contribution in [0.25, 0.3) is 0 Å². The van der Waals surface area contributed by atoms with E-state index in [0.717, 1.165) is 10.6 Å². The third-order valence-corrected chi connectivity index (χ3v) is 5.94. The molecule has 0 aliphatic carbocycles. The molecule has 32 heavy (non-hydrogen) atoms. The number of rotatable bonds is 7. The number of halogens is 1. The number of hydrogen-bond donors (Lipinski definition) is 1. The quantitative estimate of drug-likeness (QED) is 0.473. The van der Waals surface area contributed by atoms with E-state index >= 15 is 0 Å². The number of amides is 1. The van der Waals surface area contributed by atoms with E-state index in [2.05, 4.69) is 10.5 Å². The number of nitrogens with zero attached hydrogens (tertiary/aromatic N) is 2. The van der Waals surface area contributed by atoms with Crippen LogP contribution in [0.5, 0.6) is 23.0 Å². The molecule has 1 atom stereocenters. The Labute approximate surface area is 190 Å². The van der Waals surface area contributed by atoms with E-state index in [9.17, 15) is 13.2 Å². The van der Waals surface area contributed by atoms with Gasteiger partial charge in [-0.05, 0) is 30.3 Å². The van der Waals surface area contributed by atoms with E-state index in [1.54, 1.807) is 18.2 Å². The van der Waals surface area contributed by atoms with Gasteiger partial charge >= 0.3 is 0 Å². The van der Waals surface area contributed by atoms with E-state index in [1.807, 2.05) is 0 Å². The molecular weight excluding hydrogens is 462 g/mol. The predicted molar refractivity (Wildman–Crippen MR) is 120 cm³/mol. The SMILES string of the molecule is COc1cc(/C=N/NC(=O)C2CN(S(C)(=O)=O)c3cc(Cl)ccc3O2)cc(OC)c1OC. The smallest absolute Gasteiger partial charge is 0.283 e. The van der Waals surface area contributed by atoms with Crippen molar-refractivity contribution >= 4 is 39.4 Å². The molecule has 0 saturated carbocycles. The number of hydrogen-bond acceptors (Lipinski definition) is 8. The van der Waals surface area contributed by atoms with E-state index < -0.39 is 22.0 Å². The summed E-state index contributed by atoms with van der Waals surface area (Å²) in [6.45, 7) is -0.224. The highest BCUT2D eigenvalue weighted by Gasteiger charge is 2.35. The lowest BCUT2D eigenvalue weighted by atomic mass is 10.2. The highest BCUT2D eigenvalue weighted by atomic mass is 35.5. The summed E-state index contributed by atoms with van der Waals surface area (Å²) in [5.74, 6) is 0.873. The van der Waals surface area contributed by atoms with Crippen molar-refractivity contribution in [2.45, 2.75) is 6.10 Å². The molecule has 1 heterocycles. The van der Waals surface area contributed by atoms with Crippen molar-refractivity contribution in [1.29, 1.82) is 0 Å². The minimum absolute atomic E-state index is 0.222. The highest BCUT2D eigenvalue weighted by molar-refractivity contribution is 7.92. The molecule has 2 aromatic rings. The van der Waals surface area contributed by atoms with Crippen molar-refractivity contribution in [2.24, 2.45) is 5.10 Å². The monoisotopic (exact) mass is 483 g/mol. The number of hydrazone groups is 1. The van der Waals surface area contributed by atoms with Crippen LogP contribution in [0, 0.1) is 0 Å². The number of nitrogens with one attached hydrogen (secondary N) is 1. The van der Waals surface area contributed by atoms with Crippen LogP contribution in [0.2, 0.25) is 5.02 Å². The molecule has 12 heteroatoms. The third kappa shape index (κ3) is 5.00. The van der Waals surface area contributed by atoms with Gasteiger partial charge in [0.15, 0.2) is 17.6 Å². The Morgan fingerprint density at radius 2 is 1.84 bits per heavy atom. The van der Waals surface area contributed by atoms with E-state index in [-0.39, 0.29) is 18.0 Å². The number of ether oxygens (including phenoxy) is 4. The summed E-state index contributed by atoms with van der Waals surface area (Å²) in [4.78, 5) is 12.6. The first kappa shape index (κ1) is 23.5. The first-order valence-corrected chi connectivity index (χ1v) is 11.5. The molecule has 1 amide bonds. The summed E-state index contributed by atoms with van der Waals surface area (Å²) < 4.78 is 47.0. The molecule has 10 nitrogen and oxygen atoms in total. The lowest BCUT2D eigenvalue weighted by Crippen LogP contribution is -2.49. The van der Waals surface area contributed by atoms with E-state index in [4.69, 9.17) is 30.5 Å². The Morgan fingerprint density at radius 1 is 1.19 bits per heavy atom. The average molecular weight is 484 g/mol. The molecule has 0 fully saturated rings. The van der Waals surface area contributed by atoms with Gasteiger partial charge in [0.1, 0.15) is 5.75 Å². The maximum absolute atomic E-state index is 12.6. The van der Waals surface area contributed by atoms with Crippen molar-refractivity contribution < 1.29 is 32.2 Å². The Bertz CT molecular complexity index is 1130. The fraction of sp³-hybridized carbons (Fsp3) is 0.300. The Kier molecular flexibility index (Phi) is 6.99. The molecule has 0 radical (unpaired) electrons. The minimum atomic E-state index is -3.67. The van der Waals surface area contributed by atoms with Gasteiger partial charge < -0.3 is 18.9 Å².